The maximum Gasteiger partial charge on any atom is 0.295 e. The highest BCUT2D eigenvalue weighted by Gasteiger charge is 2.24. The van der Waals surface area contributed by atoms with Crippen molar-refractivity contribution in [3.05, 3.63) is 47.7 Å². The molecule has 7 nitrogen and oxygen atoms in total. The summed E-state index contributed by atoms with van der Waals surface area (Å²) in [7, 11) is 3.26. The predicted octanol–water partition coefficient (Wildman–Crippen LogP) is 4.94. The molecule has 0 unspecified atom stereocenters. The summed E-state index contributed by atoms with van der Waals surface area (Å²) in [5, 5.41) is 2.59. The molecular weight excluding hydrogens is 426 g/mol. The van der Waals surface area contributed by atoms with E-state index < -0.39 is 0 Å². The first-order valence-electron chi connectivity index (χ1n) is 10.9. The number of piperidine rings is 1. The van der Waals surface area contributed by atoms with E-state index in [1.165, 1.54) is 36.9 Å². The number of thiazole rings is 1. The van der Waals surface area contributed by atoms with Crippen LogP contribution in [0.15, 0.2) is 46.4 Å². The average Bonchev–Trinajstić information content (AvgIpc) is 3.54. The van der Waals surface area contributed by atoms with E-state index in [4.69, 9.17) is 18.9 Å². The second-order valence-corrected chi connectivity index (χ2v) is 8.61. The number of carbonyl (C=O) groups excluding carboxylic acids is 1. The summed E-state index contributed by atoms with van der Waals surface area (Å²) in [6.45, 7) is 3.84. The van der Waals surface area contributed by atoms with Crippen LogP contribution in [0.1, 0.15) is 36.2 Å². The molecule has 1 fully saturated rings. The van der Waals surface area contributed by atoms with Crippen LogP contribution in [-0.2, 0) is 0 Å². The van der Waals surface area contributed by atoms with Crippen molar-refractivity contribution in [3.8, 4) is 22.8 Å². The Bertz CT molecular complexity index is 1010. The summed E-state index contributed by atoms with van der Waals surface area (Å²) in [6, 6.07) is 9.03. The Kier molecular flexibility index (Phi) is 7.44. The Labute approximate surface area is 192 Å². The Hall–Kier alpha value is -2.84. The summed E-state index contributed by atoms with van der Waals surface area (Å²) >= 11 is 1.44. The first-order chi connectivity index (χ1) is 15.7. The molecule has 4 rings (SSSR count). The largest absolute Gasteiger partial charge is 0.497 e. The van der Waals surface area contributed by atoms with Crippen LogP contribution in [0.25, 0.3) is 11.3 Å². The zero-order chi connectivity index (χ0) is 22.3. The molecule has 1 amide bonds. The first kappa shape index (κ1) is 22.4. The molecule has 1 saturated heterocycles. The van der Waals surface area contributed by atoms with Gasteiger partial charge in [0.2, 0.25) is 0 Å². The van der Waals surface area contributed by atoms with Crippen molar-refractivity contribution in [2.75, 3.05) is 45.3 Å². The molecule has 1 aliphatic rings. The van der Waals surface area contributed by atoms with Crippen molar-refractivity contribution in [2.24, 2.45) is 0 Å². The van der Waals surface area contributed by atoms with E-state index >= 15 is 0 Å². The molecule has 3 heterocycles. The first-order valence-corrected chi connectivity index (χ1v) is 11.8. The lowest BCUT2D eigenvalue weighted by atomic mass is 10.1. The van der Waals surface area contributed by atoms with E-state index in [-0.39, 0.29) is 5.91 Å². The number of anilines is 1. The molecule has 0 atom stereocenters. The number of methoxy groups -OCH3 is 2. The van der Waals surface area contributed by atoms with Crippen molar-refractivity contribution in [2.45, 2.75) is 25.7 Å². The molecule has 3 aromatic rings. The molecule has 32 heavy (non-hydrogen) atoms. The topological polar surface area (TPSA) is 68.0 Å². The zero-order valence-corrected chi connectivity index (χ0v) is 19.4. The van der Waals surface area contributed by atoms with Crippen LogP contribution in [0, 0.1) is 0 Å². The SMILES string of the molecule is COc1ccc(OC)c(-c2csc(N(CCCN3CCCCC3)C(=O)c3ccco3)n2)c1. The highest BCUT2D eigenvalue weighted by molar-refractivity contribution is 7.14. The molecule has 0 bridgehead atoms. The van der Waals surface area contributed by atoms with Gasteiger partial charge in [0.15, 0.2) is 10.9 Å². The van der Waals surface area contributed by atoms with Gasteiger partial charge in [-0.15, -0.1) is 11.3 Å². The molecule has 0 saturated carbocycles. The third-order valence-electron chi connectivity index (χ3n) is 5.69. The average molecular weight is 456 g/mol. The van der Waals surface area contributed by atoms with Crippen LogP contribution < -0.4 is 14.4 Å². The smallest absolute Gasteiger partial charge is 0.295 e. The van der Waals surface area contributed by atoms with Crippen LogP contribution in [-0.4, -0.2) is 56.2 Å². The Morgan fingerprint density at radius 1 is 1.19 bits per heavy atom. The van der Waals surface area contributed by atoms with Gasteiger partial charge in [0.1, 0.15) is 11.5 Å². The van der Waals surface area contributed by atoms with Crippen molar-refractivity contribution < 1.29 is 18.7 Å². The molecular formula is C24H29N3O4S. The molecule has 8 heteroatoms. The second-order valence-electron chi connectivity index (χ2n) is 7.77. The van der Waals surface area contributed by atoms with Crippen LogP contribution >= 0.6 is 11.3 Å². The number of nitrogens with zero attached hydrogens (tertiary/aromatic N) is 3. The number of carbonyl (C=O) groups is 1. The quantitative estimate of drug-likeness (QED) is 0.455. The molecule has 0 N–H and O–H groups in total. The molecule has 2 aromatic heterocycles. The number of benzene rings is 1. The number of aromatic nitrogens is 1. The fourth-order valence-electron chi connectivity index (χ4n) is 3.98. The van der Waals surface area contributed by atoms with Gasteiger partial charge in [-0.2, -0.15) is 0 Å². The summed E-state index contributed by atoms with van der Waals surface area (Å²) in [4.78, 5) is 22.2. The van der Waals surface area contributed by atoms with E-state index in [9.17, 15) is 4.79 Å². The Morgan fingerprint density at radius 2 is 2.03 bits per heavy atom. The molecule has 1 aliphatic heterocycles. The number of hydrogen-bond acceptors (Lipinski definition) is 7. The fourth-order valence-corrected chi connectivity index (χ4v) is 4.83. The summed E-state index contributed by atoms with van der Waals surface area (Å²) in [5.41, 5.74) is 1.57. The lowest BCUT2D eigenvalue weighted by Crippen LogP contribution is -2.36. The second kappa shape index (κ2) is 10.7. The summed E-state index contributed by atoms with van der Waals surface area (Å²) in [6.07, 6.45) is 6.23. The van der Waals surface area contributed by atoms with E-state index in [1.807, 2.05) is 23.6 Å². The third kappa shape index (κ3) is 5.14. The number of likely N-dealkylation sites (tertiary alicyclic amines) is 1. The van der Waals surface area contributed by atoms with Crippen LogP contribution in [0.3, 0.4) is 0 Å². The van der Waals surface area contributed by atoms with Gasteiger partial charge in [-0.25, -0.2) is 4.98 Å². The van der Waals surface area contributed by atoms with Crippen molar-refractivity contribution in [3.63, 3.8) is 0 Å². The minimum atomic E-state index is -0.174. The van der Waals surface area contributed by atoms with Gasteiger partial charge in [0.05, 0.1) is 26.2 Å². The van der Waals surface area contributed by atoms with Gasteiger partial charge in [-0.3, -0.25) is 9.69 Å². The standard InChI is InChI=1S/C24H29N3O4S/c1-29-18-9-10-21(30-2)19(16-18)20-17-32-24(25-20)27(23(28)22-8-6-15-31-22)14-7-13-26-11-4-3-5-12-26/h6,8-10,15-17H,3-5,7,11-14H2,1-2H3. The number of hydrogen-bond donors (Lipinski definition) is 0. The third-order valence-corrected chi connectivity index (χ3v) is 6.55. The van der Waals surface area contributed by atoms with Gasteiger partial charge in [0.25, 0.3) is 5.91 Å². The van der Waals surface area contributed by atoms with Gasteiger partial charge in [-0.05, 0) is 69.2 Å². The Morgan fingerprint density at radius 3 is 2.75 bits per heavy atom. The molecule has 1 aromatic carbocycles. The maximum absolute atomic E-state index is 13.2. The van der Waals surface area contributed by atoms with Gasteiger partial charge in [-0.1, -0.05) is 6.42 Å². The minimum Gasteiger partial charge on any atom is -0.497 e. The monoisotopic (exact) mass is 455 g/mol. The molecule has 0 spiro atoms. The highest BCUT2D eigenvalue weighted by Crippen LogP contribution is 2.36. The van der Waals surface area contributed by atoms with Crippen LogP contribution in [0.4, 0.5) is 5.13 Å². The predicted molar refractivity (Wildman–Crippen MR) is 126 cm³/mol. The van der Waals surface area contributed by atoms with E-state index in [0.29, 0.717) is 23.2 Å². The molecule has 0 aliphatic carbocycles. The van der Waals surface area contributed by atoms with Crippen LogP contribution in [0.5, 0.6) is 11.5 Å². The number of rotatable bonds is 9. The molecule has 0 radical (unpaired) electrons. The highest BCUT2D eigenvalue weighted by atomic mass is 32.1. The fraction of sp³-hybridized carbons (Fsp3) is 0.417. The summed E-state index contributed by atoms with van der Waals surface area (Å²) in [5.74, 6) is 1.57. The van der Waals surface area contributed by atoms with E-state index in [1.54, 1.807) is 31.3 Å². The number of amides is 1. The molecule has 170 valence electrons. The van der Waals surface area contributed by atoms with Gasteiger partial charge < -0.3 is 18.8 Å². The lowest BCUT2D eigenvalue weighted by Gasteiger charge is -2.27. The zero-order valence-electron chi connectivity index (χ0n) is 18.6. The number of ether oxygens (including phenoxy) is 2. The minimum absolute atomic E-state index is 0.174. The van der Waals surface area contributed by atoms with Gasteiger partial charge >= 0.3 is 0 Å². The van der Waals surface area contributed by atoms with Gasteiger partial charge in [0, 0.05) is 17.5 Å². The Balaban J connectivity index is 1.56. The summed E-state index contributed by atoms with van der Waals surface area (Å²) < 4.78 is 16.3. The lowest BCUT2D eigenvalue weighted by molar-refractivity contribution is 0.0958. The van der Waals surface area contributed by atoms with Crippen molar-refractivity contribution in [1.29, 1.82) is 0 Å². The van der Waals surface area contributed by atoms with Crippen molar-refractivity contribution >= 4 is 22.4 Å². The van der Waals surface area contributed by atoms with Crippen LogP contribution in [0.2, 0.25) is 0 Å². The number of furan rings is 1. The van der Waals surface area contributed by atoms with Crippen molar-refractivity contribution in [1.82, 2.24) is 9.88 Å². The van der Waals surface area contributed by atoms with E-state index in [2.05, 4.69) is 4.90 Å². The van der Waals surface area contributed by atoms with E-state index in [0.717, 1.165) is 43.1 Å². The normalized spacial score (nSPS) is 14.3. The maximum atomic E-state index is 13.2.